The second-order valence-electron chi connectivity index (χ2n) is 7.41. The van der Waals surface area contributed by atoms with Gasteiger partial charge in [0, 0.05) is 6.42 Å². The van der Waals surface area contributed by atoms with Gasteiger partial charge in [-0.3, -0.25) is 9.59 Å². The van der Waals surface area contributed by atoms with Crippen molar-refractivity contribution >= 4 is 11.8 Å². The molecule has 0 saturated carbocycles. The van der Waals surface area contributed by atoms with Gasteiger partial charge in [0.05, 0.1) is 13.2 Å². The molecule has 0 aliphatic rings. The summed E-state index contributed by atoms with van der Waals surface area (Å²) in [6, 6.07) is 0. The smallest absolute Gasteiger partial charge is 0.305 e. The molecule has 0 bridgehead atoms. The normalized spacial score (nSPS) is 14.7. The van der Waals surface area contributed by atoms with Gasteiger partial charge in [0.1, 0.15) is 37.6 Å². The van der Waals surface area contributed by atoms with Gasteiger partial charge < -0.3 is 40.5 Å². The minimum atomic E-state index is -1.86. The van der Waals surface area contributed by atoms with E-state index in [-0.39, 0.29) is 19.2 Å². The van der Waals surface area contributed by atoms with E-state index in [1.807, 2.05) is 0 Å². The molecule has 0 aromatic rings. The van der Waals surface area contributed by atoms with Crippen LogP contribution in [-0.2, 0) is 14.3 Å². The monoisotopic (exact) mass is 454 g/mol. The molecule has 4 unspecified atom stereocenters. The maximum Gasteiger partial charge on any atom is 0.305 e. The van der Waals surface area contributed by atoms with E-state index in [1.165, 1.54) is 44.9 Å². The molecule has 186 valence electrons. The third-order valence-electron chi connectivity index (χ3n) is 4.52. The molecule has 7 N–H and O–H groups in total. The molecule has 0 rings (SSSR count). The van der Waals surface area contributed by atoms with Gasteiger partial charge in [-0.1, -0.05) is 58.3 Å². The largest absolute Gasteiger partial charge is 0.463 e. The number of hydrogen-bond acceptors (Lipinski definition) is 10. The minimum absolute atomic E-state index is 0.104. The predicted octanol–water partition coefficient (Wildman–Crippen LogP) is -0.573. The molecule has 0 aromatic heterocycles. The third-order valence-corrected chi connectivity index (χ3v) is 4.52. The van der Waals surface area contributed by atoms with Gasteiger partial charge >= 0.3 is 5.97 Å². The zero-order valence-electron chi connectivity index (χ0n) is 18.6. The van der Waals surface area contributed by atoms with Gasteiger partial charge in [-0.05, 0) is 6.42 Å². The third kappa shape index (κ3) is 19.3. The summed E-state index contributed by atoms with van der Waals surface area (Å²) in [4.78, 5) is 21.8. The Hall–Kier alpha value is -1.14. The van der Waals surface area contributed by atoms with Crippen LogP contribution < -0.4 is 0 Å². The van der Waals surface area contributed by atoms with Crippen LogP contribution in [0.2, 0.25) is 0 Å². The van der Waals surface area contributed by atoms with Gasteiger partial charge in [0.25, 0.3) is 0 Å². The van der Waals surface area contributed by atoms with Crippen LogP contribution in [0.4, 0.5) is 0 Å². The summed E-state index contributed by atoms with van der Waals surface area (Å²) < 4.78 is 4.82. The SMILES string of the molecule is CCCCCCCCCCCC(=O)OCC(O)CO.O=C(CO)C(O)C(O)C(O)CO. The number of Topliss-reactive ketones (excluding diaryl/α,β-unsaturated/α-hetero) is 1. The fourth-order valence-electron chi connectivity index (χ4n) is 2.50. The summed E-state index contributed by atoms with van der Waals surface area (Å²) in [5.41, 5.74) is 0. The molecular formula is C21H42O10. The Balaban J connectivity index is 0. The topological polar surface area (TPSA) is 185 Å². The molecule has 0 aliphatic heterocycles. The van der Waals surface area contributed by atoms with E-state index in [0.717, 1.165) is 12.8 Å². The molecule has 0 radical (unpaired) electrons. The number of rotatable bonds is 18. The highest BCUT2D eigenvalue weighted by molar-refractivity contribution is 5.84. The van der Waals surface area contributed by atoms with Crippen LogP contribution in [0.1, 0.15) is 71.1 Å². The van der Waals surface area contributed by atoms with Crippen LogP contribution in [0.3, 0.4) is 0 Å². The van der Waals surface area contributed by atoms with Gasteiger partial charge in [-0.2, -0.15) is 0 Å². The number of ether oxygens (including phenoxy) is 1. The van der Waals surface area contributed by atoms with E-state index in [1.54, 1.807) is 0 Å². The number of aliphatic hydroxyl groups is 7. The fourth-order valence-corrected chi connectivity index (χ4v) is 2.50. The summed E-state index contributed by atoms with van der Waals surface area (Å²) in [6.07, 6.45) is 5.18. The Morgan fingerprint density at radius 2 is 1.29 bits per heavy atom. The van der Waals surface area contributed by atoms with Gasteiger partial charge in [-0.25, -0.2) is 0 Å². The molecule has 31 heavy (non-hydrogen) atoms. The molecule has 10 nitrogen and oxygen atoms in total. The van der Waals surface area contributed by atoms with Crippen molar-refractivity contribution in [3.05, 3.63) is 0 Å². The van der Waals surface area contributed by atoms with Crippen molar-refractivity contribution in [1.82, 2.24) is 0 Å². The van der Waals surface area contributed by atoms with E-state index in [2.05, 4.69) is 6.92 Å². The number of aliphatic hydroxyl groups excluding tert-OH is 7. The number of carbonyl (C=O) groups is 2. The summed E-state index contributed by atoms with van der Waals surface area (Å²) in [7, 11) is 0. The standard InChI is InChI=1S/C15H30O4.C6H12O6/c1-2-3-4-5-6-7-8-9-10-11-15(18)19-13-14(17)12-16;7-1-3(9)5(11)6(12)4(10)2-8/h14,16-17H,2-13H2,1H3;3,5-9,11-12H,1-2H2. The molecule has 0 spiro atoms. The lowest BCUT2D eigenvalue weighted by atomic mass is 10.1. The lowest BCUT2D eigenvalue weighted by molar-refractivity contribution is -0.147. The number of carbonyl (C=O) groups excluding carboxylic acids is 2. The first-order valence-corrected chi connectivity index (χ1v) is 11.0. The Morgan fingerprint density at radius 1 is 0.774 bits per heavy atom. The van der Waals surface area contributed by atoms with Crippen LogP contribution in [0.25, 0.3) is 0 Å². The second-order valence-corrected chi connectivity index (χ2v) is 7.41. The van der Waals surface area contributed by atoms with Crippen molar-refractivity contribution in [3.8, 4) is 0 Å². The molecule has 0 aromatic carbocycles. The maximum atomic E-state index is 11.3. The van der Waals surface area contributed by atoms with Crippen LogP contribution >= 0.6 is 0 Å². The minimum Gasteiger partial charge on any atom is -0.463 e. The second kappa shape index (κ2) is 22.1. The quantitative estimate of drug-likeness (QED) is 0.104. The molecule has 0 saturated heterocycles. The summed E-state index contributed by atoms with van der Waals surface area (Å²) >= 11 is 0. The Morgan fingerprint density at radius 3 is 1.74 bits per heavy atom. The number of esters is 1. The van der Waals surface area contributed by atoms with Gasteiger partial charge in [0.2, 0.25) is 0 Å². The fraction of sp³-hybridized carbons (Fsp3) is 0.905. The Bertz CT molecular complexity index is 432. The lowest BCUT2D eigenvalue weighted by Crippen LogP contribution is -2.44. The van der Waals surface area contributed by atoms with E-state index >= 15 is 0 Å². The number of hydrogen-bond donors (Lipinski definition) is 7. The highest BCUT2D eigenvalue weighted by atomic mass is 16.5. The molecule has 10 heteroatoms. The van der Waals surface area contributed by atoms with Crippen LogP contribution in [0, 0.1) is 0 Å². The maximum absolute atomic E-state index is 11.3. The predicted molar refractivity (Wildman–Crippen MR) is 113 cm³/mol. The lowest BCUT2D eigenvalue weighted by Gasteiger charge is -2.19. The summed E-state index contributed by atoms with van der Waals surface area (Å²) in [6.45, 7) is 0.0595. The van der Waals surface area contributed by atoms with Crippen molar-refractivity contribution in [2.75, 3.05) is 26.4 Å². The van der Waals surface area contributed by atoms with Crippen molar-refractivity contribution in [3.63, 3.8) is 0 Å². The Labute approximate surface area is 184 Å². The van der Waals surface area contributed by atoms with E-state index in [0.29, 0.717) is 6.42 Å². The first-order valence-electron chi connectivity index (χ1n) is 11.0. The van der Waals surface area contributed by atoms with Crippen molar-refractivity contribution in [2.24, 2.45) is 0 Å². The van der Waals surface area contributed by atoms with E-state index in [9.17, 15) is 9.59 Å². The average molecular weight is 455 g/mol. The molecule has 0 heterocycles. The highest BCUT2D eigenvalue weighted by Crippen LogP contribution is 2.10. The zero-order chi connectivity index (χ0) is 24.1. The summed E-state index contributed by atoms with van der Waals surface area (Å²) in [5.74, 6) is -1.29. The van der Waals surface area contributed by atoms with Crippen LogP contribution in [0.5, 0.6) is 0 Å². The van der Waals surface area contributed by atoms with Crippen molar-refractivity contribution in [1.29, 1.82) is 0 Å². The summed E-state index contributed by atoms with van der Waals surface area (Å²) in [5, 5.41) is 60.6. The molecule has 4 atom stereocenters. The van der Waals surface area contributed by atoms with Crippen molar-refractivity contribution in [2.45, 2.75) is 95.5 Å². The Kier molecular flexibility index (Phi) is 22.8. The van der Waals surface area contributed by atoms with E-state index < -0.39 is 43.4 Å². The first kappa shape index (κ1) is 32.0. The molecule has 0 aliphatic carbocycles. The average Bonchev–Trinajstić information content (AvgIpc) is 2.79. The highest BCUT2D eigenvalue weighted by Gasteiger charge is 2.28. The first-order chi connectivity index (χ1) is 14.7. The molecule has 0 fully saturated rings. The molecule has 0 amide bonds. The van der Waals surface area contributed by atoms with Crippen LogP contribution in [-0.4, -0.2) is 98.3 Å². The van der Waals surface area contributed by atoms with Crippen LogP contribution in [0.15, 0.2) is 0 Å². The number of unbranched alkanes of at least 4 members (excludes halogenated alkanes) is 8. The van der Waals surface area contributed by atoms with E-state index in [4.69, 9.17) is 40.5 Å². The van der Waals surface area contributed by atoms with Crippen molar-refractivity contribution < 1.29 is 50.1 Å². The number of ketones is 1. The van der Waals surface area contributed by atoms with Gasteiger partial charge in [-0.15, -0.1) is 0 Å². The molecular weight excluding hydrogens is 412 g/mol. The zero-order valence-corrected chi connectivity index (χ0v) is 18.6. The van der Waals surface area contributed by atoms with Gasteiger partial charge in [0.15, 0.2) is 5.78 Å².